The fourth-order valence-corrected chi connectivity index (χ4v) is 5.87. The topological polar surface area (TPSA) is 121 Å². The van der Waals surface area contributed by atoms with E-state index < -0.39 is 12.1 Å². The minimum absolute atomic E-state index is 0.00166. The molecular weight excluding hydrogens is 534 g/mol. The number of imidazole rings is 1. The minimum Gasteiger partial charge on any atom is -0.381 e. The number of hydrogen-bond donors (Lipinski definition) is 2. The van der Waals surface area contributed by atoms with Crippen molar-refractivity contribution < 1.29 is 19.1 Å². The molecule has 11 heteroatoms. The largest absolute Gasteiger partial charge is 0.381 e. The molecule has 3 unspecified atom stereocenters. The van der Waals surface area contributed by atoms with E-state index in [1.807, 2.05) is 34.2 Å². The van der Waals surface area contributed by atoms with Crippen molar-refractivity contribution >= 4 is 23.5 Å². The highest BCUT2D eigenvalue weighted by molar-refractivity contribution is 5.93. The van der Waals surface area contributed by atoms with E-state index in [-0.39, 0.29) is 29.7 Å². The van der Waals surface area contributed by atoms with E-state index in [0.29, 0.717) is 63.6 Å². The summed E-state index contributed by atoms with van der Waals surface area (Å²) < 4.78 is 7.29. The summed E-state index contributed by atoms with van der Waals surface area (Å²) in [6.07, 6.45) is 8.91. The number of carbonyl (C=O) groups excluding carboxylic acids is 3. The number of nitrogens with one attached hydrogen (secondary N) is 2. The number of hydrogen-bond acceptors (Lipinski definition) is 7. The zero-order valence-electron chi connectivity index (χ0n) is 24.4. The number of amides is 3. The summed E-state index contributed by atoms with van der Waals surface area (Å²) >= 11 is 0. The maximum Gasteiger partial charge on any atom is 0.274 e. The zero-order chi connectivity index (χ0) is 29.5. The van der Waals surface area contributed by atoms with Crippen molar-refractivity contribution in [1.82, 2.24) is 34.8 Å². The monoisotopic (exact) mass is 575 g/mol. The second kappa shape index (κ2) is 13.9. The quantitative estimate of drug-likeness (QED) is 0.358. The predicted molar refractivity (Wildman–Crippen MR) is 158 cm³/mol. The van der Waals surface area contributed by atoms with Crippen LogP contribution in [0, 0.1) is 5.92 Å². The number of likely N-dealkylation sites (tertiary alicyclic amines) is 1. The number of likely N-dealkylation sites (N-methyl/N-ethyl adjacent to an activating group) is 1. The van der Waals surface area contributed by atoms with Crippen LogP contribution in [-0.4, -0.2) is 99.9 Å². The first-order chi connectivity index (χ1) is 20.4. The van der Waals surface area contributed by atoms with E-state index in [1.165, 1.54) is 0 Å². The van der Waals surface area contributed by atoms with Crippen molar-refractivity contribution in [3.05, 3.63) is 66.2 Å². The molecule has 2 saturated heterocycles. The summed E-state index contributed by atoms with van der Waals surface area (Å²) in [6.45, 7) is 4.41. The van der Waals surface area contributed by atoms with Gasteiger partial charge in [-0.3, -0.25) is 18.8 Å². The molecule has 4 heterocycles. The lowest BCUT2D eigenvalue weighted by Crippen LogP contribution is -2.58. The van der Waals surface area contributed by atoms with Crippen LogP contribution in [0.1, 0.15) is 48.7 Å². The summed E-state index contributed by atoms with van der Waals surface area (Å²) in [5, 5.41) is 6.01. The number of aromatic nitrogens is 3. The molecule has 3 amide bonds. The number of rotatable bonds is 11. The lowest BCUT2D eigenvalue weighted by molar-refractivity contribution is -0.140. The SMILES string of the molecule is CNC(C)C(=O)NC(C(=O)N1CCCC1CN(CCc1ccccc1)C(=O)c1cn2cccnc2n1)C1CCOCC1. The molecule has 1 aromatic carbocycles. The van der Waals surface area contributed by atoms with Crippen molar-refractivity contribution in [2.75, 3.05) is 39.9 Å². The lowest BCUT2D eigenvalue weighted by Gasteiger charge is -2.36. The Balaban J connectivity index is 1.36. The molecule has 2 aliphatic heterocycles. The Labute approximate surface area is 246 Å². The highest BCUT2D eigenvalue weighted by Crippen LogP contribution is 2.26. The summed E-state index contributed by atoms with van der Waals surface area (Å²) in [4.78, 5) is 53.4. The van der Waals surface area contributed by atoms with Gasteiger partial charge in [-0.1, -0.05) is 30.3 Å². The van der Waals surface area contributed by atoms with Crippen molar-refractivity contribution in [1.29, 1.82) is 0 Å². The molecule has 2 fully saturated rings. The maximum absolute atomic E-state index is 14.1. The van der Waals surface area contributed by atoms with E-state index in [0.717, 1.165) is 18.4 Å². The fourth-order valence-electron chi connectivity index (χ4n) is 5.87. The van der Waals surface area contributed by atoms with E-state index in [9.17, 15) is 14.4 Å². The van der Waals surface area contributed by atoms with E-state index in [1.54, 1.807) is 36.8 Å². The van der Waals surface area contributed by atoms with Gasteiger partial charge in [-0.2, -0.15) is 0 Å². The summed E-state index contributed by atoms with van der Waals surface area (Å²) in [5.74, 6) is 0.00804. The van der Waals surface area contributed by atoms with Crippen LogP contribution in [0.15, 0.2) is 55.0 Å². The Kier molecular flexibility index (Phi) is 9.81. The number of carbonyl (C=O) groups is 3. The third kappa shape index (κ3) is 6.96. The number of fused-ring (bicyclic) bond motifs is 1. The zero-order valence-corrected chi connectivity index (χ0v) is 24.4. The van der Waals surface area contributed by atoms with E-state index in [4.69, 9.17) is 4.74 Å². The average Bonchev–Trinajstić information content (AvgIpc) is 3.69. The van der Waals surface area contributed by atoms with Crippen LogP contribution in [0.3, 0.4) is 0 Å². The highest BCUT2D eigenvalue weighted by atomic mass is 16.5. The van der Waals surface area contributed by atoms with Gasteiger partial charge in [-0.05, 0) is 63.6 Å². The van der Waals surface area contributed by atoms with Crippen molar-refractivity contribution in [2.45, 2.75) is 57.2 Å². The van der Waals surface area contributed by atoms with Crippen LogP contribution in [0.5, 0.6) is 0 Å². The van der Waals surface area contributed by atoms with Gasteiger partial charge in [0, 0.05) is 57.5 Å². The maximum atomic E-state index is 14.1. The van der Waals surface area contributed by atoms with Gasteiger partial charge in [0.15, 0.2) is 0 Å². The second-order valence-corrected chi connectivity index (χ2v) is 11.2. The van der Waals surface area contributed by atoms with Crippen LogP contribution in [0.25, 0.3) is 5.78 Å². The molecule has 0 radical (unpaired) electrons. The molecule has 0 saturated carbocycles. The van der Waals surface area contributed by atoms with Gasteiger partial charge in [0.2, 0.25) is 17.6 Å². The number of nitrogens with zero attached hydrogens (tertiary/aromatic N) is 5. The Morgan fingerprint density at radius 1 is 1.12 bits per heavy atom. The molecule has 2 N–H and O–H groups in total. The minimum atomic E-state index is -0.629. The first kappa shape index (κ1) is 29.7. The van der Waals surface area contributed by atoms with Gasteiger partial charge >= 0.3 is 0 Å². The predicted octanol–water partition coefficient (Wildman–Crippen LogP) is 1.92. The first-order valence-corrected chi connectivity index (χ1v) is 14.9. The van der Waals surface area contributed by atoms with Crippen LogP contribution in [0.4, 0.5) is 0 Å². The van der Waals surface area contributed by atoms with Gasteiger partial charge < -0.3 is 25.2 Å². The molecule has 2 aliphatic rings. The Morgan fingerprint density at radius 2 is 1.90 bits per heavy atom. The average molecular weight is 576 g/mol. The molecule has 5 rings (SSSR count). The summed E-state index contributed by atoms with van der Waals surface area (Å²) in [5.41, 5.74) is 1.46. The molecule has 42 heavy (non-hydrogen) atoms. The van der Waals surface area contributed by atoms with Crippen molar-refractivity contribution in [3.63, 3.8) is 0 Å². The van der Waals surface area contributed by atoms with Crippen molar-refractivity contribution in [3.8, 4) is 0 Å². The normalized spacial score (nSPS) is 19.0. The molecule has 0 bridgehead atoms. The third-order valence-corrected chi connectivity index (χ3v) is 8.47. The standard InChI is InChI=1S/C31H41N7O4/c1-22(32-2)28(39)35-27(24-12-18-42-19-13-24)30(41)38-16-6-10-25(38)20-36(17-11-23-8-4-3-5-9-23)29(40)26-21-37-15-7-14-33-31(37)34-26/h3-5,7-9,14-15,21-22,24-25,27,32H,6,10-13,16-20H2,1-2H3,(H,35,39). The molecule has 2 aromatic heterocycles. The first-order valence-electron chi connectivity index (χ1n) is 14.9. The van der Waals surface area contributed by atoms with E-state index in [2.05, 4.69) is 32.7 Å². The second-order valence-electron chi connectivity index (χ2n) is 11.2. The van der Waals surface area contributed by atoms with Crippen LogP contribution in [-0.2, 0) is 20.7 Å². The van der Waals surface area contributed by atoms with E-state index >= 15 is 0 Å². The molecule has 3 atom stereocenters. The van der Waals surface area contributed by atoms with Gasteiger partial charge in [0.25, 0.3) is 5.91 Å². The molecule has 0 spiro atoms. The third-order valence-electron chi connectivity index (χ3n) is 8.47. The van der Waals surface area contributed by atoms with Gasteiger partial charge in [0.1, 0.15) is 11.7 Å². The highest BCUT2D eigenvalue weighted by Gasteiger charge is 2.40. The molecule has 3 aromatic rings. The summed E-state index contributed by atoms with van der Waals surface area (Å²) in [7, 11) is 1.73. The molecule has 0 aliphatic carbocycles. The number of benzene rings is 1. The Morgan fingerprint density at radius 3 is 2.64 bits per heavy atom. The van der Waals surface area contributed by atoms with Crippen LogP contribution in [0.2, 0.25) is 0 Å². The smallest absolute Gasteiger partial charge is 0.274 e. The summed E-state index contributed by atoms with van der Waals surface area (Å²) in [6, 6.07) is 10.7. The van der Waals surface area contributed by atoms with Crippen LogP contribution >= 0.6 is 0 Å². The van der Waals surface area contributed by atoms with Gasteiger partial charge in [-0.15, -0.1) is 0 Å². The van der Waals surface area contributed by atoms with Crippen LogP contribution < -0.4 is 10.6 Å². The molecule has 11 nitrogen and oxygen atoms in total. The lowest BCUT2D eigenvalue weighted by atomic mass is 9.90. The number of ether oxygens (including phenoxy) is 1. The molecule has 224 valence electrons. The molecular formula is C31H41N7O4. The Bertz CT molecular complexity index is 1320. The fraction of sp³-hybridized carbons (Fsp3) is 0.516. The Hall–Kier alpha value is -3.83. The van der Waals surface area contributed by atoms with Crippen molar-refractivity contribution in [2.24, 2.45) is 5.92 Å². The van der Waals surface area contributed by atoms with Gasteiger partial charge in [0.05, 0.1) is 6.04 Å². The van der Waals surface area contributed by atoms with Gasteiger partial charge in [-0.25, -0.2) is 9.97 Å².